The van der Waals surface area contributed by atoms with Crippen molar-refractivity contribution in [2.75, 3.05) is 6.54 Å². The lowest BCUT2D eigenvalue weighted by Gasteiger charge is -2.15. The second-order valence-corrected chi connectivity index (χ2v) is 4.92. The topological polar surface area (TPSA) is 46.9 Å². The van der Waals surface area contributed by atoms with Crippen LogP contribution >= 0.6 is 0 Å². The van der Waals surface area contributed by atoms with Crippen LogP contribution in [0.1, 0.15) is 55.7 Å². The van der Waals surface area contributed by atoms with E-state index in [1.165, 1.54) is 19.3 Å². The predicted octanol–water partition coefficient (Wildman–Crippen LogP) is 2.67. The normalized spacial score (nSPS) is 12.4. The molecule has 0 aliphatic rings. The molecule has 18 heavy (non-hydrogen) atoms. The van der Waals surface area contributed by atoms with Crippen LogP contribution in [0.25, 0.3) is 0 Å². The van der Waals surface area contributed by atoms with E-state index in [4.69, 9.17) is 0 Å². The Bertz CT molecular complexity index is 384. The molecule has 1 unspecified atom stereocenters. The fourth-order valence-electron chi connectivity index (χ4n) is 2.09. The number of aryl methyl sites for hydroxylation is 2. The first-order valence-corrected chi connectivity index (χ1v) is 6.87. The van der Waals surface area contributed by atoms with Gasteiger partial charge < -0.3 is 5.32 Å². The lowest BCUT2D eigenvalue weighted by atomic mass is 9.99. The van der Waals surface area contributed by atoms with Crippen molar-refractivity contribution in [1.82, 2.24) is 15.1 Å². The second-order valence-electron chi connectivity index (χ2n) is 4.92. The van der Waals surface area contributed by atoms with E-state index in [0.29, 0.717) is 11.6 Å². The molecular formula is C14H25N3O. The molecule has 0 spiro atoms. The molecule has 1 aromatic rings. The summed E-state index contributed by atoms with van der Waals surface area (Å²) >= 11 is 0. The molecule has 0 saturated carbocycles. The predicted molar refractivity (Wildman–Crippen MR) is 73.6 cm³/mol. The summed E-state index contributed by atoms with van der Waals surface area (Å²) in [6.45, 7) is 7.04. The number of unbranched alkanes of at least 4 members (excludes halogenated alkanes) is 1. The molecule has 0 bridgehead atoms. The highest BCUT2D eigenvalue weighted by Crippen LogP contribution is 2.11. The zero-order chi connectivity index (χ0) is 13.5. The van der Waals surface area contributed by atoms with Gasteiger partial charge in [-0.3, -0.25) is 9.48 Å². The summed E-state index contributed by atoms with van der Waals surface area (Å²) in [5, 5.41) is 7.20. The Balaban J connectivity index is 2.47. The number of nitrogens with zero attached hydrogens (tertiary/aromatic N) is 2. The maximum absolute atomic E-state index is 12.0. The van der Waals surface area contributed by atoms with Gasteiger partial charge >= 0.3 is 0 Å². The highest BCUT2D eigenvalue weighted by Gasteiger charge is 2.13. The minimum absolute atomic E-state index is 0.0203. The third-order valence-electron chi connectivity index (χ3n) is 3.33. The molecule has 1 heterocycles. The third-order valence-corrected chi connectivity index (χ3v) is 3.33. The molecule has 0 aromatic carbocycles. The molecule has 1 aromatic heterocycles. The number of hydrogen-bond acceptors (Lipinski definition) is 2. The van der Waals surface area contributed by atoms with Crippen molar-refractivity contribution in [2.24, 2.45) is 13.0 Å². The number of nitrogens with one attached hydrogen (secondary N) is 1. The highest BCUT2D eigenvalue weighted by molar-refractivity contribution is 5.92. The lowest BCUT2D eigenvalue weighted by Crippen LogP contribution is -2.30. The molecule has 1 amide bonds. The van der Waals surface area contributed by atoms with Crippen molar-refractivity contribution in [3.8, 4) is 0 Å². The van der Waals surface area contributed by atoms with Gasteiger partial charge in [0, 0.05) is 13.6 Å². The summed E-state index contributed by atoms with van der Waals surface area (Å²) in [6, 6.07) is 1.82. The Morgan fingerprint density at radius 1 is 1.50 bits per heavy atom. The van der Waals surface area contributed by atoms with Gasteiger partial charge in [0.25, 0.3) is 5.91 Å². The Kier molecular flexibility index (Phi) is 5.89. The number of aromatic nitrogens is 2. The van der Waals surface area contributed by atoms with Gasteiger partial charge in [0.2, 0.25) is 0 Å². The molecule has 4 heteroatoms. The van der Waals surface area contributed by atoms with Crippen LogP contribution in [-0.4, -0.2) is 22.2 Å². The Labute approximate surface area is 110 Å². The first-order chi connectivity index (χ1) is 8.58. The van der Waals surface area contributed by atoms with Crippen LogP contribution < -0.4 is 5.32 Å². The van der Waals surface area contributed by atoms with E-state index < -0.39 is 0 Å². The molecule has 4 nitrogen and oxygen atoms in total. The Hall–Kier alpha value is -1.32. The average Bonchev–Trinajstić information content (AvgIpc) is 2.68. The van der Waals surface area contributed by atoms with Crippen LogP contribution in [0, 0.1) is 12.8 Å². The van der Waals surface area contributed by atoms with Crippen molar-refractivity contribution in [3.05, 3.63) is 17.5 Å². The summed E-state index contributed by atoms with van der Waals surface area (Å²) < 4.78 is 1.64. The zero-order valence-electron chi connectivity index (χ0n) is 12.0. The number of carbonyl (C=O) groups excluding carboxylic acids is 1. The van der Waals surface area contributed by atoms with Gasteiger partial charge in [-0.1, -0.05) is 33.1 Å². The van der Waals surface area contributed by atoms with Crippen LogP contribution in [-0.2, 0) is 7.05 Å². The fraction of sp³-hybridized carbons (Fsp3) is 0.714. The van der Waals surface area contributed by atoms with E-state index in [-0.39, 0.29) is 5.91 Å². The maximum atomic E-state index is 12.0. The van der Waals surface area contributed by atoms with Gasteiger partial charge in [0.05, 0.1) is 5.69 Å². The summed E-state index contributed by atoms with van der Waals surface area (Å²) in [5.74, 6) is 0.566. The van der Waals surface area contributed by atoms with Crippen LogP contribution in [0.2, 0.25) is 0 Å². The number of carbonyl (C=O) groups is 1. The third kappa shape index (κ3) is 4.17. The maximum Gasteiger partial charge on any atom is 0.269 e. The van der Waals surface area contributed by atoms with E-state index in [0.717, 1.165) is 18.7 Å². The van der Waals surface area contributed by atoms with Gasteiger partial charge in [-0.05, 0) is 25.3 Å². The van der Waals surface area contributed by atoms with Gasteiger partial charge in [-0.25, -0.2) is 0 Å². The standard InChI is InChI=1S/C14H25N3O/c1-5-7-8-12(6-2)10-15-14(18)13-9-11(3)16-17(13)4/h9,12H,5-8,10H2,1-4H3,(H,15,18). The van der Waals surface area contributed by atoms with Crippen molar-refractivity contribution >= 4 is 5.91 Å². The smallest absolute Gasteiger partial charge is 0.269 e. The van der Waals surface area contributed by atoms with E-state index in [1.54, 1.807) is 11.7 Å². The van der Waals surface area contributed by atoms with E-state index in [1.807, 2.05) is 13.0 Å². The van der Waals surface area contributed by atoms with E-state index in [9.17, 15) is 4.79 Å². The van der Waals surface area contributed by atoms with Crippen LogP contribution in [0.4, 0.5) is 0 Å². The molecule has 102 valence electrons. The zero-order valence-corrected chi connectivity index (χ0v) is 12.0. The van der Waals surface area contributed by atoms with E-state index in [2.05, 4.69) is 24.3 Å². The summed E-state index contributed by atoms with van der Waals surface area (Å²) in [7, 11) is 1.80. The first kappa shape index (κ1) is 14.7. The van der Waals surface area contributed by atoms with Crippen molar-refractivity contribution in [3.63, 3.8) is 0 Å². The van der Waals surface area contributed by atoms with Gasteiger partial charge in [-0.15, -0.1) is 0 Å². The molecule has 0 fully saturated rings. The van der Waals surface area contributed by atoms with Crippen molar-refractivity contribution < 1.29 is 4.79 Å². The molecule has 0 radical (unpaired) electrons. The van der Waals surface area contributed by atoms with E-state index >= 15 is 0 Å². The molecule has 1 rings (SSSR count). The minimum atomic E-state index is -0.0203. The largest absolute Gasteiger partial charge is 0.350 e. The van der Waals surface area contributed by atoms with Gasteiger partial charge in [-0.2, -0.15) is 5.10 Å². The average molecular weight is 251 g/mol. The SMILES string of the molecule is CCCCC(CC)CNC(=O)c1cc(C)nn1C. The van der Waals surface area contributed by atoms with Crippen LogP contribution in [0.3, 0.4) is 0 Å². The number of hydrogen-bond donors (Lipinski definition) is 1. The monoisotopic (exact) mass is 251 g/mol. The second kappa shape index (κ2) is 7.19. The van der Waals surface area contributed by atoms with Gasteiger partial charge in [0.15, 0.2) is 0 Å². The summed E-state index contributed by atoms with van der Waals surface area (Å²) in [4.78, 5) is 12.0. The highest BCUT2D eigenvalue weighted by atomic mass is 16.2. The van der Waals surface area contributed by atoms with Crippen molar-refractivity contribution in [2.45, 2.75) is 46.5 Å². The number of amides is 1. The molecule has 1 N–H and O–H groups in total. The molecule has 0 saturated heterocycles. The Morgan fingerprint density at radius 3 is 2.72 bits per heavy atom. The summed E-state index contributed by atoms with van der Waals surface area (Å²) in [5.41, 5.74) is 1.51. The van der Waals surface area contributed by atoms with Crippen LogP contribution in [0.5, 0.6) is 0 Å². The van der Waals surface area contributed by atoms with Gasteiger partial charge in [0.1, 0.15) is 5.69 Å². The van der Waals surface area contributed by atoms with Crippen LogP contribution in [0.15, 0.2) is 6.07 Å². The first-order valence-electron chi connectivity index (χ1n) is 6.87. The number of rotatable bonds is 7. The molecular weight excluding hydrogens is 226 g/mol. The summed E-state index contributed by atoms with van der Waals surface area (Å²) in [6.07, 6.45) is 4.76. The molecule has 1 atom stereocenters. The fourth-order valence-corrected chi connectivity index (χ4v) is 2.09. The minimum Gasteiger partial charge on any atom is -0.350 e. The Morgan fingerprint density at radius 2 is 2.22 bits per heavy atom. The lowest BCUT2D eigenvalue weighted by molar-refractivity contribution is 0.0936. The quantitative estimate of drug-likeness (QED) is 0.810. The molecule has 0 aliphatic heterocycles. The van der Waals surface area contributed by atoms with Crippen molar-refractivity contribution in [1.29, 1.82) is 0 Å². The molecule has 0 aliphatic carbocycles.